The predicted molar refractivity (Wildman–Crippen MR) is 141 cm³/mol. The average Bonchev–Trinajstić information content (AvgIpc) is 3.17. The van der Waals surface area contributed by atoms with Gasteiger partial charge in [0.1, 0.15) is 17.3 Å². The zero-order valence-corrected chi connectivity index (χ0v) is 21.0. The van der Waals surface area contributed by atoms with Crippen LogP contribution in [0.2, 0.25) is 0 Å². The van der Waals surface area contributed by atoms with Crippen molar-refractivity contribution in [3.63, 3.8) is 0 Å². The topological polar surface area (TPSA) is 76.1 Å². The van der Waals surface area contributed by atoms with Gasteiger partial charge in [0.15, 0.2) is 0 Å². The fraction of sp³-hybridized carbons (Fsp3) is 0.267. The number of benzene rings is 3. The van der Waals surface area contributed by atoms with Gasteiger partial charge in [0, 0.05) is 11.3 Å². The number of methoxy groups -OCH3 is 1. The molecule has 1 amide bonds. The van der Waals surface area contributed by atoms with Gasteiger partial charge in [-0.05, 0) is 65.9 Å². The summed E-state index contributed by atoms with van der Waals surface area (Å²) < 4.78 is 11.2. The molecule has 3 aromatic carbocycles. The molecule has 1 saturated heterocycles. The van der Waals surface area contributed by atoms with E-state index in [-0.39, 0.29) is 17.3 Å². The number of carbonyl (C=O) groups is 2. The second kappa shape index (κ2) is 10.7. The van der Waals surface area contributed by atoms with Gasteiger partial charge in [-0.15, -0.1) is 0 Å². The lowest BCUT2D eigenvalue weighted by Crippen LogP contribution is -2.29. The van der Waals surface area contributed by atoms with E-state index in [1.165, 1.54) is 4.90 Å². The lowest BCUT2D eigenvalue weighted by molar-refractivity contribution is -0.132. The zero-order chi connectivity index (χ0) is 25.8. The number of ketones is 1. The van der Waals surface area contributed by atoms with E-state index in [0.717, 1.165) is 12.0 Å². The van der Waals surface area contributed by atoms with E-state index in [9.17, 15) is 14.7 Å². The largest absolute Gasteiger partial charge is 0.507 e. The fourth-order valence-electron chi connectivity index (χ4n) is 4.46. The summed E-state index contributed by atoms with van der Waals surface area (Å²) in [6.45, 7) is 6.68. The highest BCUT2D eigenvalue weighted by Crippen LogP contribution is 2.43. The van der Waals surface area contributed by atoms with Crippen LogP contribution < -0.4 is 14.4 Å². The summed E-state index contributed by atoms with van der Waals surface area (Å²) in [5, 5.41) is 11.5. The van der Waals surface area contributed by atoms with Crippen LogP contribution in [0, 0.1) is 0 Å². The van der Waals surface area contributed by atoms with Crippen molar-refractivity contribution in [2.24, 2.45) is 0 Å². The first kappa shape index (κ1) is 25.0. The Balaban J connectivity index is 1.88. The van der Waals surface area contributed by atoms with Crippen molar-refractivity contribution in [3.8, 4) is 11.5 Å². The highest BCUT2D eigenvalue weighted by molar-refractivity contribution is 6.51. The van der Waals surface area contributed by atoms with Crippen LogP contribution in [-0.4, -0.2) is 30.5 Å². The van der Waals surface area contributed by atoms with E-state index in [2.05, 4.69) is 0 Å². The maximum atomic E-state index is 13.4. The molecule has 0 aromatic heterocycles. The van der Waals surface area contributed by atoms with Gasteiger partial charge in [0.2, 0.25) is 0 Å². The molecular formula is C30H31NO5. The van der Waals surface area contributed by atoms with Gasteiger partial charge in [0.05, 0.1) is 25.3 Å². The minimum absolute atomic E-state index is 0.0472. The van der Waals surface area contributed by atoms with Crippen LogP contribution in [0.3, 0.4) is 0 Å². The highest BCUT2D eigenvalue weighted by Gasteiger charge is 2.47. The maximum absolute atomic E-state index is 13.4. The van der Waals surface area contributed by atoms with Crippen LogP contribution in [0.4, 0.5) is 5.69 Å². The number of para-hydroxylation sites is 1. The van der Waals surface area contributed by atoms with Crippen molar-refractivity contribution in [1.29, 1.82) is 0 Å². The number of carbonyl (C=O) groups excluding carboxylic acids is 2. The van der Waals surface area contributed by atoms with Crippen LogP contribution in [0.25, 0.3) is 5.76 Å². The lowest BCUT2D eigenvalue weighted by atomic mass is 9.93. The second-order valence-electron chi connectivity index (χ2n) is 9.03. The third-order valence-electron chi connectivity index (χ3n) is 6.27. The molecule has 1 heterocycles. The molecule has 1 aliphatic rings. The van der Waals surface area contributed by atoms with Crippen molar-refractivity contribution in [2.75, 3.05) is 18.6 Å². The number of ether oxygens (including phenoxy) is 2. The molecule has 6 nitrogen and oxygen atoms in total. The van der Waals surface area contributed by atoms with Gasteiger partial charge in [-0.3, -0.25) is 14.5 Å². The predicted octanol–water partition coefficient (Wildman–Crippen LogP) is 6.23. The fourth-order valence-corrected chi connectivity index (χ4v) is 4.46. The molecule has 1 fully saturated rings. The summed E-state index contributed by atoms with van der Waals surface area (Å²) >= 11 is 0. The first-order valence-corrected chi connectivity index (χ1v) is 12.1. The Labute approximate surface area is 211 Å². The first-order chi connectivity index (χ1) is 17.4. The smallest absolute Gasteiger partial charge is 0.300 e. The highest BCUT2D eigenvalue weighted by atomic mass is 16.5. The summed E-state index contributed by atoms with van der Waals surface area (Å²) in [5.74, 6) is -0.0933. The molecule has 0 aliphatic carbocycles. The molecule has 186 valence electrons. The summed E-state index contributed by atoms with van der Waals surface area (Å²) in [6, 6.07) is 20.8. The van der Waals surface area contributed by atoms with Gasteiger partial charge < -0.3 is 14.6 Å². The third-order valence-corrected chi connectivity index (χ3v) is 6.27. The average molecular weight is 486 g/mol. The molecule has 36 heavy (non-hydrogen) atoms. The minimum atomic E-state index is -0.794. The van der Waals surface area contributed by atoms with Gasteiger partial charge in [-0.1, -0.05) is 51.1 Å². The summed E-state index contributed by atoms with van der Waals surface area (Å²) in [6.07, 6.45) is 0.885. The van der Waals surface area contributed by atoms with Gasteiger partial charge in [-0.25, -0.2) is 0 Å². The van der Waals surface area contributed by atoms with E-state index in [1.54, 1.807) is 31.4 Å². The number of hydrogen-bond acceptors (Lipinski definition) is 5. The van der Waals surface area contributed by atoms with Crippen LogP contribution >= 0.6 is 0 Å². The molecule has 1 aliphatic heterocycles. The molecule has 0 spiro atoms. The zero-order valence-electron chi connectivity index (χ0n) is 21.0. The Hall–Kier alpha value is -4.06. The normalized spacial score (nSPS) is 17.0. The Morgan fingerprint density at radius 2 is 1.69 bits per heavy atom. The third kappa shape index (κ3) is 4.71. The van der Waals surface area contributed by atoms with Crippen molar-refractivity contribution in [3.05, 3.63) is 95.1 Å². The Morgan fingerprint density at radius 1 is 1.00 bits per heavy atom. The molecular weight excluding hydrogens is 454 g/mol. The molecule has 1 unspecified atom stereocenters. The van der Waals surface area contributed by atoms with Crippen molar-refractivity contribution in [2.45, 2.75) is 39.2 Å². The number of rotatable bonds is 8. The van der Waals surface area contributed by atoms with E-state index in [4.69, 9.17) is 9.47 Å². The lowest BCUT2D eigenvalue weighted by Gasteiger charge is -2.25. The van der Waals surface area contributed by atoms with Crippen LogP contribution in [0.1, 0.15) is 55.8 Å². The van der Waals surface area contributed by atoms with Crippen molar-refractivity contribution >= 4 is 23.1 Å². The standard InChI is InChI=1S/C30H31NO5/c1-5-17-36-23-14-11-20(12-15-23)27-26(29(33)30(34)31(27)22-9-7-6-8-10-22)28(32)21-13-16-25(35-4)24(18-21)19(2)3/h6-16,18-19,27,32H,5,17H2,1-4H3/b28-26-. The Morgan fingerprint density at radius 3 is 2.31 bits per heavy atom. The van der Waals surface area contributed by atoms with E-state index >= 15 is 0 Å². The molecule has 0 radical (unpaired) electrons. The quantitative estimate of drug-likeness (QED) is 0.232. The van der Waals surface area contributed by atoms with Crippen LogP contribution in [0.15, 0.2) is 78.4 Å². The number of aliphatic hydroxyl groups excluding tert-OH is 1. The summed E-state index contributed by atoms with van der Waals surface area (Å²) in [5.41, 5.74) is 2.67. The molecule has 4 rings (SSSR count). The van der Waals surface area contributed by atoms with E-state index in [1.807, 2.05) is 69.3 Å². The van der Waals surface area contributed by atoms with Crippen LogP contribution in [0.5, 0.6) is 11.5 Å². The molecule has 1 N–H and O–H groups in total. The molecule has 6 heteroatoms. The number of nitrogens with zero attached hydrogens (tertiary/aromatic N) is 1. The summed E-state index contributed by atoms with van der Waals surface area (Å²) in [7, 11) is 1.60. The molecule has 0 bridgehead atoms. The number of amides is 1. The van der Waals surface area contributed by atoms with Gasteiger partial charge in [-0.2, -0.15) is 0 Å². The number of hydrogen-bond donors (Lipinski definition) is 1. The molecule has 3 aromatic rings. The Kier molecular flexibility index (Phi) is 7.44. The number of anilines is 1. The maximum Gasteiger partial charge on any atom is 0.300 e. The van der Waals surface area contributed by atoms with Crippen molar-refractivity contribution < 1.29 is 24.2 Å². The first-order valence-electron chi connectivity index (χ1n) is 12.1. The molecule has 1 atom stereocenters. The van der Waals surface area contributed by atoms with E-state index in [0.29, 0.717) is 34.9 Å². The number of Topliss-reactive ketones (excluding diaryl/α,β-unsaturated/α-hetero) is 1. The van der Waals surface area contributed by atoms with E-state index < -0.39 is 17.7 Å². The van der Waals surface area contributed by atoms with Crippen molar-refractivity contribution in [1.82, 2.24) is 0 Å². The second-order valence-corrected chi connectivity index (χ2v) is 9.03. The SMILES string of the molecule is CCCOc1ccc(C2/C(=C(/O)c3ccc(OC)c(C(C)C)c3)C(=O)C(=O)N2c2ccccc2)cc1. The van der Waals surface area contributed by atoms with Gasteiger partial charge in [0.25, 0.3) is 11.7 Å². The monoisotopic (exact) mass is 485 g/mol. The number of aliphatic hydroxyl groups is 1. The van der Waals surface area contributed by atoms with Gasteiger partial charge >= 0.3 is 0 Å². The summed E-state index contributed by atoms with van der Waals surface area (Å²) in [4.78, 5) is 28.1. The minimum Gasteiger partial charge on any atom is -0.507 e. The molecule has 0 saturated carbocycles. The Bertz CT molecular complexity index is 1280. The van der Waals surface area contributed by atoms with Crippen LogP contribution in [-0.2, 0) is 9.59 Å².